The molecule has 2 aromatic carbocycles. The summed E-state index contributed by atoms with van der Waals surface area (Å²) in [5.41, 5.74) is 3.02. The number of hydrogen-bond acceptors (Lipinski definition) is 4. The summed E-state index contributed by atoms with van der Waals surface area (Å²) in [4.78, 5) is 23.2. The van der Waals surface area contributed by atoms with E-state index in [1.165, 1.54) is 13.0 Å². The normalized spacial score (nSPS) is 14.9. The summed E-state index contributed by atoms with van der Waals surface area (Å²) in [6.07, 6.45) is 3.85. The molecule has 0 bridgehead atoms. The van der Waals surface area contributed by atoms with Crippen LogP contribution in [0.15, 0.2) is 23.1 Å². The predicted molar refractivity (Wildman–Crippen MR) is 106 cm³/mol. The van der Waals surface area contributed by atoms with Gasteiger partial charge < -0.3 is 5.32 Å². The van der Waals surface area contributed by atoms with Crippen LogP contribution in [0.1, 0.15) is 52.4 Å². The van der Waals surface area contributed by atoms with Crippen molar-refractivity contribution in [2.45, 2.75) is 50.3 Å². The summed E-state index contributed by atoms with van der Waals surface area (Å²) >= 11 is 0. The van der Waals surface area contributed by atoms with E-state index in [0.717, 1.165) is 25.0 Å². The molecule has 0 unspecified atom stereocenters. The lowest BCUT2D eigenvalue weighted by molar-refractivity contribution is 0.101. The standard InChI is InChI=1S/C21H20F2N2O4S/c1-11(26)12-8-9-17(22)18(10-12)30(28,29)25-21(27)24-20-15-6-2-4-13(15)19(23)14-5-3-7-16(14)20/h8-10H,2-7H2,1H3,(H2,24,25,27). The number of carbonyl (C=O) groups excluding carboxylic acids is 2. The number of ketones is 1. The number of halogens is 2. The van der Waals surface area contributed by atoms with Crippen molar-refractivity contribution in [3.05, 3.63) is 57.7 Å². The van der Waals surface area contributed by atoms with Crippen LogP contribution in [0.25, 0.3) is 0 Å². The molecular formula is C21H20F2N2O4S. The molecule has 0 fully saturated rings. The van der Waals surface area contributed by atoms with Gasteiger partial charge in [0.2, 0.25) is 0 Å². The summed E-state index contributed by atoms with van der Waals surface area (Å²) < 4.78 is 55.8. The highest BCUT2D eigenvalue weighted by Crippen LogP contribution is 2.40. The third-order valence-corrected chi connectivity index (χ3v) is 7.01. The van der Waals surface area contributed by atoms with E-state index < -0.39 is 32.6 Å². The van der Waals surface area contributed by atoms with Crippen molar-refractivity contribution in [3.63, 3.8) is 0 Å². The third kappa shape index (κ3) is 3.47. The Bertz CT molecular complexity index is 1160. The van der Waals surface area contributed by atoms with Crippen molar-refractivity contribution in [3.8, 4) is 0 Å². The molecule has 2 aliphatic carbocycles. The van der Waals surface area contributed by atoms with Gasteiger partial charge in [0, 0.05) is 11.3 Å². The number of rotatable bonds is 4. The van der Waals surface area contributed by atoms with Gasteiger partial charge in [-0.05, 0) is 85.9 Å². The average molecular weight is 434 g/mol. The van der Waals surface area contributed by atoms with Crippen molar-refractivity contribution in [2.75, 3.05) is 5.32 Å². The minimum absolute atomic E-state index is 0.00589. The van der Waals surface area contributed by atoms with E-state index in [9.17, 15) is 26.8 Å². The fourth-order valence-corrected chi connectivity index (χ4v) is 5.30. The van der Waals surface area contributed by atoms with E-state index >= 15 is 0 Å². The summed E-state index contributed by atoms with van der Waals surface area (Å²) in [5, 5.41) is 2.57. The Morgan fingerprint density at radius 2 is 1.50 bits per heavy atom. The second-order valence-corrected chi connectivity index (χ2v) is 9.22. The number of benzene rings is 2. The monoisotopic (exact) mass is 434 g/mol. The molecule has 2 N–H and O–H groups in total. The number of urea groups is 1. The molecule has 2 aromatic rings. The molecule has 0 spiro atoms. The van der Waals surface area contributed by atoms with E-state index in [0.29, 0.717) is 53.6 Å². The summed E-state index contributed by atoms with van der Waals surface area (Å²) in [5.74, 6) is -1.73. The molecule has 2 amide bonds. The van der Waals surface area contributed by atoms with Crippen LogP contribution in [0.4, 0.5) is 19.3 Å². The van der Waals surface area contributed by atoms with Gasteiger partial charge >= 0.3 is 6.03 Å². The molecule has 9 heteroatoms. The van der Waals surface area contributed by atoms with Crippen LogP contribution in [0.5, 0.6) is 0 Å². The van der Waals surface area contributed by atoms with Crippen molar-refractivity contribution in [2.24, 2.45) is 0 Å². The Hall–Kier alpha value is -2.81. The van der Waals surface area contributed by atoms with Gasteiger partial charge in [0.05, 0.1) is 0 Å². The second kappa shape index (κ2) is 7.46. The maximum absolute atomic E-state index is 14.7. The van der Waals surface area contributed by atoms with Crippen LogP contribution < -0.4 is 10.0 Å². The molecule has 30 heavy (non-hydrogen) atoms. The molecule has 0 saturated carbocycles. The first-order valence-electron chi connectivity index (χ1n) is 9.68. The van der Waals surface area contributed by atoms with E-state index in [2.05, 4.69) is 5.32 Å². The fourth-order valence-electron chi connectivity index (χ4n) is 4.28. The molecule has 0 aromatic heterocycles. The van der Waals surface area contributed by atoms with Gasteiger partial charge in [-0.3, -0.25) is 4.79 Å². The molecule has 0 saturated heterocycles. The van der Waals surface area contributed by atoms with Crippen LogP contribution in [0.2, 0.25) is 0 Å². The van der Waals surface area contributed by atoms with Gasteiger partial charge in [-0.15, -0.1) is 0 Å². The SMILES string of the molecule is CC(=O)c1ccc(F)c(S(=O)(=O)NC(=O)Nc2c3c(c(F)c4c2CCC4)CCC3)c1. The molecule has 6 nitrogen and oxygen atoms in total. The molecule has 2 aliphatic rings. The van der Waals surface area contributed by atoms with Gasteiger partial charge in [-0.2, -0.15) is 0 Å². The zero-order valence-corrected chi connectivity index (χ0v) is 17.1. The Balaban J connectivity index is 1.64. The maximum atomic E-state index is 14.7. The first kappa shape index (κ1) is 20.5. The second-order valence-electron chi connectivity index (χ2n) is 7.57. The molecule has 0 heterocycles. The predicted octanol–water partition coefficient (Wildman–Crippen LogP) is 3.66. The van der Waals surface area contributed by atoms with E-state index in [1.807, 2.05) is 0 Å². The largest absolute Gasteiger partial charge is 0.333 e. The van der Waals surface area contributed by atoms with E-state index in [4.69, 9.17) is 0 Å². The smallest absolute Gasteiger partial charge is 0.307 e. The van der Waals surface area contributed by atoms with Gasteiger partial charge in [-0.1, -0.05) is 0 Å². The van der Waals surface area contributed by atoms with Crippen LogP contribution >= 0.6 is 0 Å². The van der Waals surface area contributed by atoms with E-state index in [-0.39, 0.29) is 11.4 Å². The zero-order chi connectivity index (χ0) is 21.6. The van der Waals surface area contributed by atoms with Gasteiger partial charge in [-0.25, -0.2) is 26.7 Å². The first-order valence-corrected chi connectivity index (χ1v) is 11.2. The van der Waals surface area contributed by atoms with Crippen molar-refractivity contribution in [1.29, 1.82) is 0 Å². The molecule has 4 rings (SSSR count). The number of fused-ring (bicyclic) bond motifs is 2. The Labute approximate surface area is 172 Å². The van der Waals surface area contributed by atoms with Gasteiger partial charge in [0.1, 0.15) is 16.5 Å². The lowest BCUT2D eigenvalue weighted by Crippen LogP contribution is -2.35. The quantitative estimate of drug-likeness (QED) is 0.719. The van der Waals surface area contributed by atoms with Crippen molar-refractivity contribution < 1.29 is 26.8 Å². The van der Waals surface area contributed by atoms with Gasteiger partial charge in [0.25, 0.3) is 10.0 Å². The Morgan fingerprint density at radius 3 is 2.07 bits per heavy atom. The van der Waals surface area contributed by atoms with Crippen molar-refractivity contribution in [1.82, 2.24) is 4.72 Å². The summed E-state index contributed by atoms with van der Waals surface area (Å²) in [6, 6.07) is 1.86. The number of sulfonamides is 1. The molecule has 0 atom stereocenters. The molecule has 158 valence electrons. The minimum atomic E-state index is -4.57. The Kier molecular flexibility index (Phi) is 5.09. The number of Topliss-reactive ketones (excluding diaryl/α,β-unsaturated/α-hetero) is 1. The summed E-state index contributed by atoms with van der Waals surface area (Å²) in [6.45, 7) is 1.22. The first-order chi connectivity index (χ1) is 14.2. The molecular weight excluding hydrogens is 414 g/mol. The zero-order valence-electron chi connectivity index (χ0n) is 16.3. The number of amides is 2. The topological polar surface area (TPSA) is 92.3 Å². The highest BCUT2D eigenvalue weighted by Gasteiger charge is 2.30. The number of nitrogens with one attached hydrogen (secondary N) is 2. The summed E-state index contributed by atoms with van der Waals surface area (Å²) in [7, 11) is -4.57. The molecule has 0 aliphatic heterocycles. The lowest BCUT2D eigenvalue weighted by atomic mass is 9.98. The lowest BCUT2D eigenvalue weighted by Gasteiger charge is -2.17. The fraction of sp³-hybridized carbons (Fsp3) is 0.333. The van der Waals surface area contributed by atoms with E-state index in [1.54, 1.807) is 4.72 Å². The average Bonchev–Trinajstić information content (AvgIpc) is 3.34. The minimum Gasteiger partial charge on any atom is -0.307 e. The Morgan fingerprint density at radius 1 is 0.933 bits per heavy atom. The van der Waals surface area contributed by atoms with Crippen molar-refractivity contribution >= 4 is 27.5 Å². The third-order valence-electron chi connectivity index (χ3n) is 5.66. The highest BCUT2D eigenvalue weighted by atomic mass is 32.2. The van der Waals surface area contributed by atoms with Crippen LogP contribution in [0.3, 0.4) is 0 Å². The number of carbonyl (C=O) groups is 2. The van der Waals surface area contributed by atoms with Crippen LogP contribution in [-0.2, 0) is 35.7 Å². The highest BCUT2D eigenvalue weighted by molar-refractivity contribution is 7.90. The van der Waals surface area contributed by atoms with Gasteiger partial charge in [0.15, 0.2) is 5.78 Å². The van der Waals surface area contributed by atoms with Crippen LogP contribution in [-0.4, -0.2) is 20.2 Å². The number of anilines is 1. The molecule has 0 radical (unpaired) electrons. The van der Waals surface area contributed by atoms with Crippen LogP contribution in [0, 0.1) is 11.6 Å². The number of hydrogen-bond donors (Lipinski definition) is 2. The maximum Gasteiger partial charge on any atom is 0.333 e.